The van der Waals surface area contributed by atoms with E-state index < -0.39 is 0 Å². The van der Waals surface area contributed by atoms with Gasteiger partial charge in [0, 0.05) is 16.5 Å². The minimum Gasteiger partial charge on any atom is -0.482 e. The van der Waals surface area contributed by atoms with E-state index in [0.717, 1.165) is 21.8 Å². The number of amides is 1. The number of hydrogen-bond donors (Lipinski definition) is 1. The monoisotopic (exact) mass is 336 g/mol. The van der Waals surface area contributed by atoms with E-state index in [1.54, 1.807) is 11.3 Å². The number of hydrogen-bond acceptors (Lipinski definition) is 4. The van der Waals surface area contributed by atoms with Crippen molar-refractivity contribution in [2.45, 2.75) is 13.8 Å². The first-order chi connectivity index (χ1) is 11.6. The zero-order valence-electron chi connectivity index (χ0n) is 13.4. The van der Waals surface area contributed by atoms with E-state index in [1.807, 2.05) is 23.6 Å². The first-order valence-corrected chi connectivity index (χ1v) is 8.58. The van der Waals surface area contributed by atoms with Crippen molar-refractivity contribution in [3.8, 4) is 27.6 Å². The molecule has 0 aliphatic carbocycles. The number of nitrogens with one attached hydrogen (secondary N) is 1. The molecule has 0 saturated carbocycles. The van der Waals surface area contributed by atoms with Crippen molar-refractivity contribution in [1.29, 1.82) is 0 Å². The van der Waals surface area contributed by atoms with Crippen LogP contribution >= 0.6 is 11.3 Å². The summed E-state index contributed by atoms with van der Waals surface area (Å²) in [5.41, 5.74) is 6.20. The van der Waals surface area contributed by atoms with Crippen LogP contribution < -0.4 is 10.1 Å². The summed E-state index contributed by atoms with van der Waals surface area (Å²) in [5, 5.41) is 5.88. The van der Waals surface area contributed by atoms with Crippen molar-refractivity contribution in [2.24, 2.45) is 0 Å². The predicted molar refractivity (Wildman–Crippen MR) is 96.6 cm³/mol. The van der Waals surface area contributed by atoms with Crippen molar-refractivity contribution >= 4 is 22.9 Å². The second-order valence-electron chi connectivity index (χ2n) is 5.90. The molecule has 2 aromatic carbocycles. The van der Waals surface area contributed by atoms with Crippen LogP contribution in [0.5, 0.6) is 5.75 Å². The fraction of sp³-hybridized carbons (Fsp3) is 0.158. The van der Waals surface area contributed by atoms with Crippen LogP contribution in [0.4, 0.5) is 5.69 Å². The Bertz CT molecular complexity index is 946. The van der Waals surface area contributed by atoms with Gasteiger partial charge in [0.1, 0.15) is 10.8 Å². The molecule has 4 rings (SSSR count). The maximum Gasteiger partial charge on any atom is 0.262 e. The summed E-state index contributed by atoms with van der Waals surface area (Å²) in [4.78, 5) is 16.3. The Kier molecular flexibility index (Phi) is 3.58. The second-order valence-corrected chi connectivity index (χ2v) is 6.76. The van der Waals surface area contributed by atoms with Gasteiger partial charge in [-0.25, -0.2) is 4.98 Å². The number of ether oxygens (including phenoxy) is 1. The highest BCUT2D eigenvalue weighted by Gasteiger charge is 2.17. The third-order valence-corrected chi connectivity index (χ3v) is 4.90. The van der Waals surface area contributed by atoms with Crippen LogP contribution in [0.3, 0.4) is 0 Å². The van der Waals surface area contributed by atoms with Gasteiger partial charge >= 0.3 is 0 Å². The van der Waals surface area contributed by atoms with Crippen molar-refractivity contribution in [3.05, 3.63) is 52.9 Å². The zero-order chi connectivity index (χ0) is 16.7. The lowest BCUT2D eigenvalue weighted by molar-refractivity contribution is -0.118. The SMILES string of the molecule is Cc1ccc(-c2nc(-c3ccc4c(c3)NC(=O)CO4)cs2)c(C)c1. The van der Waals surface area contributed by atoms with E-state index in [0.29, 0.717) is 11.4 Å². The molecule has 1 aliphatic heterocycles. The number of carbonyl (C=O) groups excluding carboxylic acids is 1. The molecule has 1 amide bonds. The first kappa shape index (κ1) is 14.9. The van der Waals surface area contributed by atoms with Gasteiger partial charge in [-0.3, -0.25) is 4.79 Å². The average molecular weight is 336 g/mol. The molecule has 1 aromatic heterocycles. The van der Waals surface area contributed by atoms with Crippen LogP contribution in [0.2, 0.25) is 0 Å². The Labute approximate surface area is 144 Å². The van der Waals surface area contributed by atoms with Crippen molar-refractivity contribution in [3.63, 3.8) is 0 Å². The Morgan fingerprint density at radius 1 is 1.17 bits per heavy atom. The van der Waals surface area contributed by atoms with E-state index in [-0.39, 0.29) is 12.5 Å². The molecule has 0 bridgehead atoms. The number of carbonyl (C=O) groups is 1. The molecule has 24 heavy (non-hydrogen) atoms. The molecule has 1 aliphatic rings. The summed E-state index contributed by atoms with van der Waals surface area (Å²) in [5.74, 6) is 0.567. The maximum atomic E-state index is 11.5. The van der Waals surface area contributed by atoms with E-state index >= 15 is 0 Å². The second kappa shape index (κ2) is 5.76. The highest BCUT2D eigenvalue weighted by molar-refractivity contribution is 7.13. The fourth-order valence-corrected chi connectivity index (χ4v) is 3.75. The maximum absolute atomic E-state index is 11.5. The van der Waals surface area contributed by atoms with Gasteiger partial charge in [-0.2, -0.15) is 0 Å². The van der Waals surface area contributed by atoms with Crippen LogP contribution in [0.25, 0.3) is 21.8 Å². The Balaban J connectivity index is 1.70. The number of aryl methyl sites for hydroxylation is 2. The molecule has 4 nitrogen and oxygen atoms in total. The molecular weight excluding hydrogens is 320 g/mol. The van der Waals surface area contributed by atoms with Crippen LogP contribution in [0.1, 0.15) is 11.1 Å². The largest absolute Gasteiger partial charge is 0.482 e. The number of nitrogens with zero attached hydrogens (tertiary/aromatic N) is 1. The Morgan fingerprint density at radius 3 is 2.88 bits per heavy atom. The standard InChI is InChI=1S/C19H16N2O2S/c1-11-3-5-14(12(2)7-11)19-21-16(10-24-19)13-4-6-17-15(8-13)20-18(22)9-23-17/h3-8,10H,9H2,1-2H3,(H,20,22). The van der Waals surface area contributed by atoms with Crippen LogP contribution in [0.15, 0.2) is 41.8 Å². The molecular formula is C19H16N2O2S. The molecule has 3 aromatic rings. The van der Waals surface area contributed by atoms with Crippen molar-refractivity contribution < 1.29 is 9.53 Å². The summed E-state index contributed by atoms with van der Waals surface area (Å²) in [6.07, 6.45) is 0. The summed E-state index contributed by atoms with van der Waals surface area (Å²) in [7, 11) is 0. The normalized spacial score (nSPS) is 13.2. The first-order valence-electron chi connectivity index (χ1n) is 7.70. The van der Waals surface area contributed by atoms with Crippen molar-refractivity contribution in [2.75, 3.05) is 11.9 Å². The van der Waals surface area contributed by atoms with E-state index in [4.69, 9.17) is 9.72 Å². The van der Waals surface area contributed by atoms with Gasteiger partial charge in [-0.1, -0.05) is 23.8 Å². The van der Waals surface area contributed by atoms with Gasteiger partial charge < -0.3 is 10.1 Å². The molecule has 0 saturated heterocycles. The van der Waals surface area contributed by atoms with Gasteiger partial charge in [0.05, 0.1) is 11.4 Å². The summed E-state index contributed by atoms with van der Waals surface area (Å²) >= 11 is 1.63. The Hall–Kier alpha value is -2.66. The third kappa shape index (κ3) is 2.67. The van der Waals surface area contributed by atoms with Crippen LogP contribution in [-0.4, -0.2) is 17.5 Å². The Morgan fingerprint density at radius 2 is 2.04 bits per heavy atom. The van der Waals surface area contributed by atoms with Crippen LogP contribution in [-0.2, 0) is 4.79 Å². The van der Waals surface area contributed by atoms with Gasteiger partial charge in [-0.05, 0) is 37.6 Å². The molecule has 2 heterocycles. The number of benzene rings is 2. The molecule has 0 unspecified atom stereocenters. The molecule has 120 valence electrons. The summed E-state index contributed by atoms with van der Waals surface area (Å²) < 4.78 is 5.40. The van der Waals surface area contributed by atoms with Crippen LogP contribution in [0, 0.1) is 13.8 Å². The lowest BCUT2D eigenvalue weighted by Crippen LogP contribution is -2.25. The van der Waals surface area contributed by atoms with Gasteiger partial charge in [0.2, 0.25) is 0 Å². The predicted octanol–water partition coefficient (Wildman–Crippen LogP) is 4.42. The van der Waals surface area contributed by atoms with Crippen molar-refractivity contribution in [1.82, 2.24) is 4.98 Å². The van der Waals surface area contributed by atoms with Gasteiger partial charge in [0.25, 0.3) is 5.91 Å². The number of thiazole rings is 1. The lowest BCUT2D eigenvalue weighted by Gasteiger charge is -2.18. The van der Waals surface area contributed by atoms with E-state index in [1.165, 1.54) is 11.1 Å². The molecule has 1 N–H and O–H groups in total. The molecule has 0 atom stereocenters. The lowest BCUT2D eigenvalue weighted by atomic mass is 10.1. The number of anilines is 1. The zero-order valence-corrected chi connectivity index (χ0v) is 14.2. The summed E-state index contributed by atoms with van der Waals surface area (Å²) in [6.45, 7) is 4.27. The van der Waals surface area contributed by atoms with E-state index in [9.17, 15) is 4.79 Å². The molecule has 0 spiro atoms. The van der Waals surface area contributed by atoms with Gasteiger partial charge in [-0.15, -0.1) is 11.3 Å². The smallest absolute Gasteiger partial charge is 0.262 e. The number of rotatable bonds is 2. The molecule has 5 heteroatoms. The average Bonchev–Trinajstić information content (AvgIpc) is 3.04. The van der Waals surface area contributed by atoms with Gasteiger partial charge in [0.15, 0.2) is 6.61 Å². The number of aromatic nitrogens is 1. The highest BCUT2D eigenvalue weighted by atomic mass is 32.1. The quantitative estimate of drug-likeness (QED) is 0.753. The summed E-state index contributed by atoms with van der Waals surface area (Å²) in [6, 6.07) is 12.1. The molecule has 0 fully saturated rings. The highest BCUT2D eigenvalue weighted by Crippen LogP contribution is 2.35. The fourth-order valence-electron chi connectivity index (χ4n) is 2.83. The topological polar surface area (TPSA) is 51.2 Å². The third-order valence-electron chi connectivity index (χ3n) is 4.02. The minimum atomic E-state index is -0.131. The minimum absolute atomic E-state index is 0.0693. The molecule has 0 radical (unpaired) electrons. The number of fused-ring (bicyclic) bond motifs is 1. The van der Waals surface area contributed by atoms with E-state index in [2.05, 4.69) is 37.4 Å².